The molecule has 0 aliphatic carbocycles. The van der Waals surface area contributed by atoms with Gasteiger partial charge in [-0.3, -0.25) is 14.6 Å². The van der Waals surface area contributed by atoms with E-state index >= 15 is 0 Å². The van der Waals surface area contributed by atoms with Crippen LogP contribution in [0, 0.1) is 0 Å². The standard InChI is InChI=1S/C22H27N3O4S/c1-2-28-22(27)18-6-12-30-21(18)23-20(26)15-25-9-7-24(8-10-25)14-16-3-4-19-17(13-16)5-11-29-19/h3-4,6,12-13H,2,5,7-11,14-15H2,1H3,(H,23,26). The molecule has 0 atom stereocenters. The Hall–Kier alpha value is -2.42. The van der Waals surface area contributed by atoms with Crippen molar-refractivity contribution in [2.45, 2.75) is 19.9 Å². The molecule has 1 amide bonds. The second-order valence-electron chi connectivity index (χ2n) is 7.52. The zero-order valence-corrected chi connectivity index (χ0v) is 18.0. The minimum absolute atomic E-state index is 0.102. The summed E-state index contributed by atoms with van der Waals surface area (Å²) in [5, 5.41) is 5.20. The number of hydrogen-bond acceptors (Lipinski definition) is 7. The summed E-state index contributed by atoms with van der Waals surface area (Å²) in [5.41, 5.74) is 3.04. The van der Waals surface area contributed by atoms with E-state index < -0.39 is 5.97 Å². The molecule has 1 saturated heterocycles. The molecule has 2 aromatic rings. The van der Waals surface area contributed by atoms with E-state index in [2.05, 4.69) is 33.3 Å². The third-order valence-electron chi connectivity index (χ3n) is 5.41. The van der Waals surface area contributed by atoms with Crippen molar-refractivity contribution in [3.05, 3.63) is 46.3 Å². The number of piperazine rings is 1. The fraction of sp³-hybridized carbons (Fsp3) is 0.455. The quantitative estimate of drug-likeness (QED) is 0.683. The van der Waals surface area contributed by atoms with Crippen LogP contribution < -0.4 is 10.1 Å². The summed E-state index contributed by atoms with van der Waals surface area (Å²) in [6.45, 7) is 7.64. The predicted molar refractivity (Wildman–Crippen MR) is 116 cm³/mol. The second kappa shape index (κ2) is 9.59. The molecule has 4 rings (SSSR count). The fourth-order valence-electron chi connectivity index (χ4n) is 3.85. The molecule has 2 aliphatic heterocycles. The van der Waals surface area contributed by atoms with Crippen LogP contribution in [-0.2, 0) is 22.5 Å². The molecule has 0 saturated carbocycles. The highest BCUT2D eigenvalue weighted by molar-refractivity contribution is 7.14. The number of amides is 1. The molecule has 8 heteroatoms. The van der Waals surface area contributed by atoms with Crippen LogP contribution in [0.1, 0.15) is 28.4 Å². The lowest BCUT2D eigenvalue weighted by Gasteiger charge is -2.34. The number of hydrogen-bond donors (Lipinski definition) is 1. The average molecular weight is 430 g/mol. The Bertz CT molecular complexity index is 906. The van der Waals surface area contributed by atoms with Gasteiger partial charge in [0.05, 0.1) is 25.3 Å². The van der Waals surface area contributed by atoms with Crippen molar-refractivity contribution in [2.24, 2.45) is 0 Å². The van der Waals surface area contributed by atoms with Crippen molar-refractivity contribution >= 4 is 28.2 Å². The Morgan fingerprint density at radius 2 is 1.97 bits per heavy atom. The van der Waals surface area contributed by atoms with Gasteiger partial charge in [0.25, 0.3) is 0 Å². The highest BCUT2D eigenvalue weighted by Crippen LogP contribution is 2.27. The van der Waals surface area contributed by atoms with Crippen LogP contribution in [-0.4, -0.2) is 67.6 Å². The summed E-state index contributed by atoms with van der Waals surface area (Å²) in [5.74, 6) is 0.516. The number of esters is 1. The number of fused-ring (bicyclic) bond motifs is 1. The van der Waals surface area contributed by atoms with Gasteiger partial charge in [-0.1, -0.05) is 12.1 Å². The van der Waals surface area contributed by atoms with Gasteiger partial charge >= 0.3 is 5.97 Å². The molecular formula is C22H27N3O4S. The molecule has 2 aliphatic rings. The van der Waals surface area contributed by atoms with E-state index in [0.29, 0.717) is 23.7 Å². The molecule has 7 nitrogen and oxygen atoms in total. The normalized spacial score (nSPS) is 16.7. The van der Waals surface area contributed by atoms with Crippen molar-refractivity contribution in [2.75, 3.05) is 51.3 Å². The Balaban J connectivity index is 1.23. The van der Waals surface area contributed by atoms with Crippen molar-refractivity contribution < 1.29 is 19.1 Å². The van der Waals surface area contributed by atoms with Crippen molar-refractivity contribution in [1.29, 1.82) is 0 Å². The number of thiophene rings is 1. The average Bonchev–Trinajstić information content (AvgIpc) is 3.38. The third kappa shape index (κ3) is 5.00. The van der Waals surface area contributed by atoms with Gasteiger partial charge in [0.2, 0.25) is 5.91 Å². The monoisotopic (exact) mass is 429 g/mol. The number of ether oxygens (including phenoxy) is 2. The Kier molecular flexibility index (Phi) is 6.66. The molecule has 3 heterocycles. The molecule has 0 radical (unpaired) electrons. The lowest BCUT2D eigenvalue weighted by Crippen LogP contribution is -2.48. The lowest BCUT2D eigenvalue weighted by atomic mass is 10.1. The van der Waals surface area contributed by atoms with Crippen LogP contribution in [0.25, 0.3) is 0 Å². The number of benzene rings is 1. The first-order chi connectivity index (χ1) is 14.6. The summed E-state index contributed by atoms with van der Waals surface area (Å²) >= 11 is 1.34. The van der Waals surface area contributed by atoms with Crippen LogP contribution in [0.5, 0.6) is 5.75 Å². The highest BCUT2D eigenvalue weighted by Gasteiger charge is 2.21. The van der Waals surface area contributed by atoms with Crippen LogP contribution in [0.2, 0.25) is 0 Å². The van der Waals surface area contributed by atoms with Gasteiger partial charge in [-0.25, -0.2) is 4.79 Å². The maximum atomic E-state index is 12.5. The maximum absolute atomic E-state index is 12.5. The first-order valence-electron chi connectivity index (χ1n) is 10.4. The molecule has 0 spiro atoms. The lowest BCUT2D eigenvalue weighted by molar-refractivity contribution is -0.117. The van der Waals surface area contributed by atoms with Crippen LogP contribution >= 0.6 is 11.3 Å². The van der Waals surface area contributed by atoms with Gasteiger partial charge in [0, 0.05) is 39.1 Å². The van der Waals surface area contributed by atoms with E-state index in [1.165, 1.54) is 22.5 Å². The second-order valence-corrected chi connectivity index (χ2v) is 8.44. The van der Waals surface area contributed by atoms with Crippen molar-refractivity contribution in [3.8, 4) is 5.75 Å². The van der Waals surface area contributed by atoms with E-state index in [9.17, 15) is 9.59 Å². The maximum Gasteiger partial charge on any atom is 0.341 e. The molecule has 1 N–H and O–H groups in total. The number of anilines is 1. The molecule has 0 unspecified atom stereocenters. The van der Waals surface area contributed by atoms with Crippen LogP contribution in [0.15, 0.2) is 29.6 Å². The molecule has 1 fully saturated rings. The summed E-state index contributed by atoms with van der Waals surface area (Å²) in [6.07, 6.45) is 0.994. The zero-order valence-electron chi connectivity index (χ0n) is 17.2. The van der Waals surface area contributed by atoms with E-state index in [0.717, 1.165) is 51.5 Å². The van der Waals surface area contributed by atoms with Crippen LogP contribution in [0.3, 0.4) is 0 Å². The Morgan fingerprint density at radius 3 is 2.77 bits per heavy atom. The van der Waals surface area contributed by atoms with E-state index in [1.807, 2.05) is 0 Å². The first-order valence-corrected chi connectivity index (χ1v) is 11.2. The fourth-order valence-corrected chi connectivity index (χ4v) is 4.64. The van der Waals surface area contributed by atoms with Gasteiger partial charge < -0.3 is 14.8 Å². The SMILES string of the molecule is CCOC(=O)c1ccsc1NC(=O)CN1CCN(Cc2ccc3c(c2)CCO3)CC1. The Labute approximate surface area is 180 Å². The first kappa shape index (κ1) is 20.8. The summed E-state index contributed by atoms with van der Waals surface area (Å²) in [7, 11) is 0. The number of nitrogens with zero attached hydrogens (tertiary/aromatic N) is 2. The largest absolute Gasteiger partial charge is 0.493 e. The minimum atomic E-state index is -0.402. The molecule has 160 valence electrons. The van der Waals surface area contributed by atoms with Gasteiger partial charge in [-0.05, 0) is 35.6 Å². The number of carbonyl (C=O) groups excluding carboxylic acids is 2. The van der Waals surface area contributed by atoms with Crippen molar-refractivity contribution in [3.63, 3.8) is 0 Å². The van der Waals surface area contributed by atoms with E-state index in [1.54, 1.807) is 18.4 Å². The van der Waals surface area contributed by atoms with Gasteiger partial charge in [0.1, 0.15) is 10.8 Å². The van der Waals surface area contributed by atoms with E-state index in [4.69, 9.17) is 9.47 Å². The van der Waals surface area contributed by atoms with Crippen LogP contribution in [0.4, 0.5) is 5.00 Å². The Morgan fingerprint density at radius 1 is 1.17 bits per heavy atom. The summed E-state index contributed by atoms with van der Waals surface area (Å²) in [6, 6.07) is 8.16. The molecular weight excluding hydrogens is 402 g/mol. The summed E-state index contributed by atoms with van der Waals surface area (Å²) in [4.78, 5) is 29.0. The van der Waals surface area contributed by atoms with Gasteiger partial charge in [-0.2, -0.15) is 0 Å². The molecule has 1 aromatic heterocycles. The zero-order chi connectivity index (χ0) is 20.9. The predicted octanol–water partition coefficient (Wildman–Crippen LogP) is 2.62. The smallest absolute Gasteiger partial charge is 0.341 e. The number of nitrogens with one attached hydrogen (secondary N) is 1. The van der Waals surface area contributed by atoms with Gasteiger partial charge in [0.15, 0.2) is 0 Å². The molecule has 1 aromatic carbocycles. The highest BCUT2D eigenvalue weighted by atomic mass is 32.1. The third-order valence-corrected chi connectivity index (χ3v) is 6.24. The number of carbonyl (C=O) groups is 2. The van der Waals surface area contributed by atoms with Crippen molar-refractivity contribution in [1.82, 2.24) is 9.80 Å². The van der Waals surface area contributed by atoms with Gasteiger partial charge in [-0.15, -0.1) is 11.3 Å². The summed E-state index contributed by atoms with van der Waals surface area (Å²) < 4.78 is 10.6. The minimum Gasteiger partial charge on any atom is -0.493 e. The molecule has 0 bridgehead atoms. The molecule has 30 heavy (non-hydrogen) atoms. The topological polar surface area (TPSA) is 71.1 Å². The number of rotatable bonds is 7. The van der Waals surface area contributed by atoms with E-state index in [-0.39, 0.29) is 5.91 Å².